The first-order valence-electron chi connectivity index (χ1n) is 10.7. The molecule has 2 amide bonds. The molecule has 3 aromatic rings. The van der Waals surface area contributed by atoms with Gasteiger partial charge in [0, 0.05) is 31.7 Å². The summed E-state index contributed by atoms with van der Waals surface area (Å²) in [5, 5.41) is 7.01. The number of piperazine rings is 1. The van der Waals surface area contributed by atoms with Crippen LogP contribution in [0.1, 0.15) is 39.0 Å². The number of rotatable bonds is 4. The van der Waals surface area contributed by atoms with Crippen LogP contribution in [0.5, 0.6) is 0 Å². The highest BCUT2D eigenvalue weighted by molar-refractivity contribution is 5.95. The van der Waals surface area contributed by atoms with E-state index in [1.807, 2.05) is 19.1 Å². The van der Waals surface area contributed by atoms with Gasteiger partial charge in [0.2, 0.25) is 0 Å². The van der Waals surface area contributed by atoms with Crippen molar-refractivity contribution in [1.82, 2.24) is 24.8 Å². The van der Waals surface area contributed by atoms with Gasteiger partial charge in [-0.15, -0.1) is 5.10 Å². The molecular weight excluding hydrogens is 454 g/mol. The highest BCUT2D eigenvalue weighted by Gasteiger charge is 2.43. The first kappa shape index (κ1) is 23.4. The number of nitrogens with zero attached hydrogens (tertiary/aromatic N) is 5. The second-order valence-corrected chi connectivity index (χ2v) is 7.81. The van der Waals surface area contributed by atoms with Crippen LogP contribution in [-0.2, 0) is 12.6 Å². The number of benzene rings is 2. The maximum absolute atomic E-state index is 13.8. The number of amides is 2. The van der Waals surface area contributed by atoms with Gasteiger partial charge >= 0.3 is 6.18 Å². The van der Waals surface area contributed by atoms with E-state index in [0.717, 1.165) is 36.2 Å². The fourth-order valence-corrected chi connectivity index (χ4v) is 3.77. The van der Waals surface area contributed by atoms with Crippen LogP contribution in [-0.4, -0.2) is 62.8 Å². The Kier molecular flexibility index (Phi) is 6.36. The molecule has 0 atom stereocenters. The van der Waals surface area contributed by atoms with Crippen molar-refractivity contribution in [2.45, 2.75) is 19.5 Å². The zero-order chi connectivity index (χ0) is 24.5. The quantitative estimate of drug-likeness (QED) is 0.541. The molecule has 0 unspecified atom stereocenters. The molecule has 1 aromatic heterocycles. The largest absolute Gasteiger partial charge is 0.435 e. The van der Waals surface area contributed by atoms with Crippen LogP contribution < -0.4 is 0 Å². The monoisotopic (exact) mass is 475 g/mol. The third kappa shape index (κ3) is 4.63. The van der Waals surface area contributed by atoms with Crippen molar-refractivity contribution >= 4 is 11.8 Å². The standard InChI is InChI=1S/C23H21F4N5O2/c1-2-15-3-5-16(6-4-15)21(33)30-11-13-31(14-12-30)22(34)19-20(23(25,26)27)32(29-28-19)18-9-7-17(24)8-10-18/h3-10H,2,11-14H2,1H3. The molecule has 1 aliphatic rings. The van der Waals surface area contributed by atoms with E-state index in [4.69, 9.17) is 0 Å². The summed E-state index contributed by atoms with van der Waals surface area (Å²) in [7, 11) is 0. The summed E-state index contributed by atoms with van der Waals surface area (Å²) in [6, 6.07) is 11.4. The van der Waals surface area contributed by atoms with E-state index in [1.54, 1.807) is 17.0 Å². The molecule has 34 heavy (non-hydrogen) atoms. The number of aryl methyl sites for hydroxylation is 1. The second kappa shape index (κ2) is 9.24. The zero-order valence-corrected chi connectivity index (χ0v) is 18.2. The molecule has 11 heteroatoms. The molecule has 0 spiro atoms. The Morgan fingerprint density at radius 2 is 1.44 bits per heavy atom. The first-order valence-corrected chi connectivity index (χ1v) is 10.7. The molecule has 0 radical (unpaired) electrons. The topological polar surface area (TPSA) is 71.3 Å². The minimum atomic E-state index is -4.93. The number of hydrogen-bond acceptors (Lipinski definition) is 4. The molecule has 1 aliphatic heterocycles. The fourth-order valence-electron chi connectivity index (χ4n) is 3.77. The second-order valence-electron chi connectivity index (χ2n) is 7.81. The summed E-state index contributed by atoms with van der Waals surface area (Å²) in [4.78, 5) is 28.4. The lowest BCUT2D eigenvalue weighted by atomic mass is 10.1. The van der Waals surface area contributed by atoms with Crippen molar-refractivity contribution in [3.8, 4) is 5.69 Å². The maximum atomic E-state index is 13.8. The summed E-state index contributed by atoms with van der Waals surface area (Å²) >= 11 is 0. The number of carbonyl (C=O) groups excluding carboxylic acids is 2. The van der Waals surface area contributed by atoms with Crippen molar-refractivity contribution in [3.05, 3.63) is 76.9 Å². The summed E-state index contributed by atoms with van der Waals surface area (Å²) < 4.78 is 55.2. The Morgan fingerprint density at radius 1 is 0.882 bits per heavy atom. The Bertz CT molecular complexity index is 1180. The van der Waals surface area contributed by atoms with Gasteiger partial charge in [0.1, 0.15) is 5.82 Å². The van der Waals surface area contributed by atoms with Crippen LogP contribution in [0, 0.1) is 5.82 Å². The average molecular weight is 475 g/mol. The summed E-state index contributed by atoms with van der Waals surface area (Å²) in [5.74, 6) is -1.75. The van der Waals surface area contributed by atoms with Crippen LogP contribution in [0.25, 0.3) is 5.69 Å². The van der Waals surface area contributed by atoms with Gasteiger partial charge in [-0.2, -0.15) is 13.2 Å². The first-order chi connectivity index (χ1) is 16.2. The summed E-state index contributed by atoms with van der Waals surface area (Å²) in [6.45, 7) is 2.47. The van der Waals surface area contributed by atoms with E-state index >= 15 is 0 Å². The molecule has 178 valence electrons. The van der Waals surface area contributed by atoms with Crippen molar-refractivity contribution in [2.75, 3.05) is 26.2 Å². The van der Waals surface area contributed by atoms with E-state index in [0.29, 0.717) is 10.2 Å². The molecular formula is C23H21F4N5O2. The minimum Gasteiger partial charge on any atom is -0.335 e. The Hall–Kier alpha value is -3.76. The molecule has 0 aliphatic carbocycles. The molecule has 2 aromatic carbocycles. The number of aromatic nitrogens is 3. The fraction of sp³-hybridized carbons (Fsp3) is 0.304. The molecule has 1 fully saturated rings. The number of carbonyl (C=O) groups is 2. The average Bonchev–Trinajstić information content (AvgIpc) is 3.30. The molecule has 2 heterocycles. The number of hydrogen-bond donors (Lipinski definition) is 0. The Balaban J connectivity index is 1.50. The van der Waals surface area contributed by atoms with Crippen LogP contribution in [0.2, 0.25) is 0 Å². The lowest BCUT2D eigenvalue weighted by Gasteiger charge is -2.34. The van der Waals surface area contributed by atoms with Crippen molar-refractivity contribution in [2.24, 2.45) is 0 Å². The van der Waals surface area contributed by atoms with Gasteiger partial charge in [0.15, 0.2) is 11.4 Å². The van der Waals surface area contributed by atoms with E-state index in [1.165, 1.54) is 4.90 Å². The van der Waals surface area contributed by atoms with Gasteiger partial charge in [-0.1, -0.05) is 24.3 Å². The molecule has 0 saturated carbocycles. The third-order valence-electron chi connectivity index (χ3n) is 5.68. The van der Waals surface area contributed by atoms with E-state index < -0.39 is 29.3 Å². The van der Waals surface area contributed by atoms with Crippen molar-refractivity contribution < 1.29 is 27.2 Å². The van der Waals surface area contributed by atoms with Gasteiger partial charge in [0.05, 0.1) is 5.69 Å². The van der Waals surface area contributed by atoms with Gasteiger partial charge < -0.3 is 9.80 Å². The van der Waals surface area contributed by atoms with Gasteiger partial charge in [-0.3, -0.25) is 9.59 Å². The van der Waals surface area contributed by atoms with Crippen LogP contribution >= 0.6 is 0 Å². The predicted octanol–water partition coefficient (Wildman–Crippen LogP) is 3.59. The van der Waals surface area contributed by atoms with Crippen LogP contribution in [0.15, 0.2) is 48.5 Å². The summed E-state index contributed by atoms with van der Waals surface area (Å²) in [5.41, 5.74) is -0.644. The Labute approximate surface area is 192 Å². The van der Waals surface area contributed by atoms with Crippen molar-refractivity contribution in [3.63, 3.8) is 0 Å². The normalized spacial score (nSPS) is 14.4. The molecule has 0 N–H and O–H groups in total. The molecule has 7 nitrogen and oxygen atoms in total. The number of halogens is 4. The molecule has 4 rings (SSSR count). The van der Waals surface area contributed by atoms with Crippen molar-refractivity contribution in [1.29, 1.82) is 0 Å². The molecule has 1 saturated heterocycles. The van der Waals surface area contributed by atoms with E-state index in [9.17, 15) is 27.2 Å². The van der Waals surface area contributed by atoms with E-state index in [-0.39, 0.29) is 37.8 Å². The number of alkyl halides is 3. The zero-order valence-electron chi connectivity index (χ0n) is 18.2. The SMILES string of the molecule is CCc1ccc(C(=O)N2CCN(C(=O)c3nnn(-c4ccc(F)cc4)c3C(F)(F)F)CC2)cc1. The highest BCUT2D eigenvalue weighted by atomic mass is 19.4. The lowest BCUT2D eigenvalue weighted by molar-refractivity contribution is -0.143. The van der Waals surface area contributed by atoms with Crippen LogP contribution in [0.3, 0.4) is 0 Å². The van der Waals surface area contributed by atoms with E-state index in [2.05, 4.69) is 10.3 Å². The highest BCUT2D eigenvalue weighted by Crippen LogP contribution is 2.33. The van der Waals surface area contributed by atoms with Gasteiger partial charge in [-0.25, -0.2) is 9.07 Å². The Morgan fingerprint density at radius 3 is 1.97 bits per heavy atom. The smallest absolute Gasteiger partial charge is 0.335 e. The lowest BCUT2D eigenvalue weighted by Crippen LogP contribution is -2.51. The van der Waals surface area contributed by atoms with Crippen LogP contribution in [0.4, 0.5) is 17.6 Å². The maximum Gasteiger partial charge on any atom is 0.435 e. The summed E-state index contributed by atoms with van der Waals surface area (Å²) in [6.07, 6.45) is -4.08. The van der Waals surface area contributed by atoms with Gasteiger partial charge in [-0.05, 0) is 48.4 Å². The van der Waals surface area contributed by atoms with Gasteiger partial charge in [0.25, 0.3) is 11.8 Å². The third-order valence-corrected chi connectivity index (χ3v) is 5.68. The minimum absolute atomic E-state index is 0.0539. The molecule has 0 bridgehead atoms. The predicted molar refractivity (Wildman–Crippen MR) is 114 cm³/mol.